The third kappa shape index (κ3) is 4.84. The molecule has 6 rings (SSSR count). The Morgan fingerprint density at radius 3 is 2.52 bits per heavy atom. The van der Waals surface area contributed by atoms with Crippen LogP contribution in [0, 0.1) is 0 Å². The summed E-state index contributed by atoms with van der Waals surface area (Å²) < 4.78 is 7.45. The Bertz CT molecular complexity index is 1820. The first-order chi connectivity index (χ1) is 19.1. The van der Waals surface area contributed by atoms with E-state index in [-0.39, 0.29) is 5.92 Å². The van der Waals surface area contributed by atoms with Gasteiger partial charge in [0.1, 0.15) is 22.8 Å². The number of nitrogens with zero attached hydrogens (tertiary/aromatic N) is 4. The molecule has 0 unspecified atom stereocenters. The molecule has 202 valence electrons. The molecule has 2 amide bonds. The Kier molecular flexibility index (Phi) is 6.18. The average Bonchev–Trinajstić information content (AvgIpc) is 3.67. The molecule has 0 spiro atoms. The molecule has 0 bridgehead atoms. The van der Waals surface area contributed by atoms with Crippen molar-refractivity contribution in [1.29, 1.82) is 0 Å². The maximum absolute atomic E-state index is 12.7. The van der Waals surface area contributed by atoms with E-state index in [0.29, 0.717) is 27.4 Å². The SMILES string of the molecule is CC(C)(C)OC(=O)Nc1cc(-c2cc(C(N)=O)c3nc(C4CC4)n(-c4ccnc5c(Cl)cccc45)c3c2)ccn1. The van der Waals surface area contributed by atoms with Crippen molar-refractivity contribution in [2.75, 3.05) is 5.32 Å². The van der Waals surface area contributed by atoms with Crippen molar-refractivity contribution in [1.82, 2.24) is 19.5 Å². The van der Waals surface area contributed by atoms with Gasteiger partial charge in [0.15, 0.2) is 0 Å². The second kappa shape index (κ2) is 9.60. The lowest BCUT2D eigenvalue weighted by Crippen LogP contribution is -2.27. The lowest BCUT2D eigenvalue weighted by Gasteiger charge is -2.19. The number of para-hydroxylation sites is 1. The predicted molar refractivity (Wildman–Crippen MR) is 155 cm³/mol. The number of ether oxygens (including phenoxy) is 1. The summed E-state index contributed by atoms with van der Waals surface area (Å²) in [5.74, 6) is 0.866. The van der Waals surface area contributed by atoms with Crippen LogP contribution in [0.2, 0.25) is 5.02 Å². The minimum absolute atomic E-state index is 0.268. The number of hydrogen-bond donors (Lipinski definition) is 2. The Balaban J connectivity index is 1.54. The number of benzene rings is 2. The van der Waals surface area contributed by atoms with Crippen molar-refractivity contribution in [3.8, 4) is 16.8 Å². The molecular weight excluding hydrogens is 528 g/mol. The number of halogens is 1. The van der Waals surface area contributed by atoms with Gasteiger partial charge in [-0.2, -0.15) is 0 Å². The summed E-state index contributed by atoms with van der Waals surface area (Å²) in [5, 5.41) is 4.10. The van der Waals surface area contributed by atoms with Crippen LogP contribution in [0.1, 0.15) is 55.7 Å². The normalized spacial score (nSPS) is 13.5. The predicted octanol–water partition coefficient (Wildman–Crippen LogP) is 6.61. The van der Waals surface area contributed by atoms with Crippen molar-refractivity contribution in [2.24, 2.45) is 5.73 Å². The summed E-state index contributed by atoms with van der Waals surface area (Å²) in [7, 11) is 0. The Hall–Kier alpha value is -4.50. The van der Waals surface area contributed by atoms with Gasteiger partial charge >= 0.3 is 6.09 Å². The van der Waals surface area contributed by atoms with Gasteiger partial charge in [0, 0.05) is 23.7 Å². The molecule has 3 N–H and O–H groups in total. The number of amides is 2. The molecule has 0 atom stereocenters. The van der Waals surface area contributed by atoms with Crippen molar-refractivity contribution in [3.63, 3.8) is 0 Å². The summed E-state index contributed by atoms with van der Waals surface area (Å²) in [5.41, 5.74) is 9.81. The summed E-state index contributed by atoms with van der Waals surface area (Å²) in [6.07, 6.45) is 4.72. The molecule has 0 radical (unpaired) electrons. The first-order valence-corrected chi connectivity index (χ1v) is 13.3. The molecule has 1 aliphatic carbocycles. The molecule has 40 heavy (non-hydrogen) atoms. The second-order valence-electron chi connectivity index (χ2n) is 10.9. The number of rotatable bonds is 5. The number of pyridine rings is 2. The third-order valence-electron chi connectivity index (χ3n) is 6.66. The fourth-order valence-corrected chi connectivity index (χ4v) is 5.05. The van der Waals surface area contributed by atoms with Crippen LogP contribution >= 0.6 is 11.6 Å². The van der Waals surface area contributed by atoms with Crippen molar-refractivity contribution < 1.29 is 14.3 Å². The molecule has 0 aliphatic heterocycles. The second-order valence-corrected chi connectivity index (χ2v) is 11.3. The summed E-state index contributed by atoms with van der Waals surface area (Å²) in [6.45, 7) is 5.36. The van der Waals surface area contributed by atoms with Gasteiger partial charge in [-0.05, 0) is 81.1 Å². The zero-order valence-electron chi connectivity index (χ0n) is 22.2. The van der Waals surface area contributed by atoms with Crippen molar-refractivity contribution in [3.05, 3.63) is 77.3 Å². The molecule has 10 heteroatoms. The average molecular weight is 555 g/mol. The number of anilines is 1. The monoisotopic (exact) mass is 554 g/mol. The standard InChI is InChI=1S/C30H27ClN6O3/c1-30(2,3)40-29(39)35-24-15-17(9-11-33-24)18-13-20(27(32)38)26-23(14-18)37(28(36-26)16-7-8-16)22-10-12-34-25-19(22)5-4-6-21(25)31/h4-6,9-16H,7-8H2,1-3H3,(H2,32,38)(H,33,35,39). The number of primary amides is 1. The first kappa shape index (κ1) is 25.8. The molecule has 1 aliphatic rings. The number of hydrogen-bond acceptors (Lipinski definition) is 6. The molecule has 2 aromatic carbocycles. The van der Waals surface area contributed by atoms with Gasteiger partial charge in [-0.3, -0.25) is 19.7 Å². The van der Waals surface area contributed by atoms with Crippen LogP contribution in [-0.2, 0) is 4.74 Å². The number of carbonyl (C=O) groups is 2. The highest BCUT2D eigenvalue weighted by Gasteiger charge is 2.32. The molecule has 1 saturated carbocycles. The number of fused-ring (bicyclic) bond motifs is 2. The van der Waals surface area contributed by atoms with E-state index in [0.717, 1.165) is 46.4 Å². The van der Waals surface area contributed by atoms with E-state index < -0.39 is 17.6 Å². The van der Waals surface area contributed by atoms with E-state index in [1.54, 1.807) is 51.4 Å². The zero-order valence-corrected chi connectivity index (χ0v) is 23.0. The quantitative estimate of drug-likeness (QED) is 0.252. The van der Waals surface area contributed by atoms with Gasteiger partial charge in [-0.1, -0.05) is 23.7 Å². The Morgan fingerprint density at radius 2 is 1.80 bits per heavy atom. The highest BCUT2D eigenvalue weighted by Crippen LogP contribution is 2.44. The highest BCUT2D eigenvalue weighted by molar-refractivity contribution is 6.35. The van der Waals surface area contributed by atoms with E-state index in [4.69, 9.17) is 27.1 Å². The maximum Gasteiger partial charge on any atom is 0.413 e. The molecule has 3 aromatic heterocycles. The Morgan fingerprint density at radius 1 is 1.02 bits per heavy atom. The lowest BCUT2D eigenvalue weighted by atomic mass is 10.0. The van der Waals surface area contributed by atoms with E-state index >= 15 is 0 Å². The van der Waals surface area contributed by atoms with E-state index in [2.05, 4.69) is 19.9 Å². The maximum atomic E-state index is 12.7. The van der Waals surface area contributed by atoms with E-state index in [1.807, 2.05) is 30.3 Å². The lowest BCUT2D eigenvalue weighted by molar-refractivity contribution is 0.0635. The van der Waals surface area contributed by atoms with Gasteiger partial charge in [0.25, 0.3) is 5.91 Å². The summed E-state index contributed by atoms with van der Waals surface area (Å²) in [4.78, 5) is 38.7. The smallest absolute Gasteiger partial charge is 0.413 e. The number of nitrogens with two attached hydrogens (primary N) is 1. The van der Waals surface area contributed by atoms with Crippen LogP contribution in [0.5, 0.6) is 0 Å². The fourth-order valence-electron chi connectivity index (χ4n) is 4.83. The van der Waals surface area contributed by atoms with Crippen LogP contribution in [0.25, 0.3) is 38.8 Å². The van der Waals surface area contributed by atoms with E-state index in [9.17, 15) is 9.59 Å². The summed E-state index contributed by atoms with van der Waals surface area (Å²) in [6, 6.07) is 14.8. The van der Waals surface area contributed by atoms with Gasteiger partial charge in [-0.25, -0.2) is 14.8 Å². The molecule has 5 aromatic rings. The van der Waals surface area contributed by atoms with Crippen molar-refractivity contribution >= 4 is 51.4 Å². The number of carbonyl (C=O) groups excluding carboxylic acids is 2. The Labute approximate surface area is 235 Å². The number of imidazole rings is 1. The zero-order chi connectivity index (χ0) is 28.2. The molecule has 1 fully saturated rings. The fraction of sp³-hybridized carbons (Fsp3) is 0.233. The van der Waals surface area contributed by atoms with Gasteiger partial charge in [0.2, 0.25) is 0 Å². The molecular formula is C30H27ClN6O3. The summed E-state index contributed by atoms with van der Waals surface area (Å²) >= 11 is 6.49. The van der Waals surface area contributed by atoms with Crippen LogP contribution < -0.4 is 11.1 Å². The number of aromatic nitrogens is 4. The van der Waals surface area contributed by atoms with Crippen molar-refractivity contribution in [2.45, 2.75) is 45.1 Å². The minimum Gasteiger partial charge on any atom is -0.444 e. The van der Waals surface area contributed by atoms with Crippen LogP contribution in [0.15, 0.2) is 60.9 Å². The van der Waals surface area contributed by atoms with Gasteiger partial charge in [-0.15, -0.1) is 0 Å². The number of nitrogens with one attached hydrogen (secondary N) is 1. The largest absolute Gasteiger partial charge is 0.444 e. The third-order valence-corrected chi connectivity index (χ3v) is 6.96. The van der Waals surface area contributed by atoms with Gasteiger partial charge < -0.3 is 10.5 Å². The highest BCUT2D eigenvalue weighted by atomic mass is 35.5. The minimum atomic E-state index is -0.651. The molecule has 3 heterocycles. The van der Waals surface area contributed by atoms with Crippen LogP contribution in [-0.4, -0.2) is 37.1 Å². The topological polar surface area (TPSA) is 125 Å². The first-order valence-electron chi connectivity index (χ1n) is 13.0. The van der Waals surface area contributed by atoms with Crippen LogP contribution in [0.3, 0.4) is 0 Å². The van der Waals surface area contributed by atoms with Gasteiger partial charge in [0.05, 0.1) is 27.3 Å². The van der Waals surface area contributed by atoms with E-state index in [1.165, 1.54) is 0 Å². The van der Waals surface area contributed by atoms with Crippen LogP contribution in [0.4, 0.5) is 10.6 Å². The molecule has 9 nitrogen and oxygen atoms in total. The molecule has 0 saturated heterocycles.